The molecule has 1 amide bonds. The van der Waals surface area contributed by atoms with Crippen LogP contribution in [-0.2, 0) is 0 Å². The highest BCUT2D eigenvalue weighted by molar-refractivity contribution is 7.09. The summed E-state index contributed by atoms with van der Waals surface area (Å²) in [5, 5.41) is 2.92. The lowest BCUT2D eigenvalue weighted by Crippen LogP contribution is -2.26. The zero-order valence-corrected chi connectivity index (χ0v) is 13.2. The minimum absolute atomic E-state index is 0.148. The van der Waals surface area contributed by atoms with Crippen molar-refractivity contribution >= 4 is 23.1 Å². The van der Waals surface area contributed by atoms with Crippen molar-refractivity contribution in [1.82, 2.24) is 19.7 Å². The van der Waals surface area contributed by atoms with Crippen molar-refractivity contribution in [3.8, 4) is 11.4 Å². The van der Waals surface area contributed by atoms with Gasteiger partial charge in [0.15, 0.2) is 0 Å². The summed E-state index contributed by atoms with van der Waals surface area (Å²) in [4.78, 5) is 21.0. The number of aromatic nitrogens is 3. The van der Waals surface area contributed by atoms with Gasteiger partial charge in [-0.3, -0.25) is 14.8 Å². The summed E-state index contributed by atoms with van der Waals surface area (Å²) < 4.78 is 4.27. The van der Waals surface area contributed by atoms with Crippen LogP contribution in [0.1, 0.15) is 28.2 Å². The molecule has 0 fully saturated rings. The molecule has 3 aromatic rings. The van der Waals surface area contributed by atoms with Crippen LogP contribution >= 0.6 is 11.5 Å². The Bertz CT molecular complexity index is 804. The highest BCUT2D eigenvalue weighted by atomic mass is 32.1. The van der Waals surface area contributed by atoms with Crippen molar-refractivity contribution < 1.29 is 4.79 Å². The number of nitrogen functional groups attached to an aromatic ring is 1. The summed E-state index contributed by atoms with van der Waals surface area (Å²) in [5.41, 5.74) is 8.61. The number of amides is 1. The minimum atomic E-state index is -0.244. The van der Waals surface area contributed by atoms with Gasteiger partial charge in [0.1, 0.15) is 10.6 Å². The molecule has 0 bridgehead atoms. The molecule has 0 aliphatic rings. The van der Waals surface area contributed by atoms with Crippen molar-refractivity contribution in [2.24, 2.45) is 0 Å². The average molecular weight is 325 g/mol. The molecule has 0 aromatic carbocycles. The summed E-state index contributed by atoms with van der Waals surface area (Å²) in [6.45, 7) is 1.91. The van der Waals surface area contributed by atoms with Gasteiger partial charge in [0.05, 0.1) is 17.4 Å². The standard InChI is InChI=1S/C16H15N5OS/c1-10(11-5-8-18-9-6-11)20-16(22)15-13(17)14(21-23-15)12-4-2-3-7-19-12/h2-10H,17H2,1H3,(H,20,22)/t10-/m1/s1. The summed E-state index contributed by atoms with van der Waals surface area (Å²) in [6.07, 6.45) is 5.05. The minimum Gasteiger partial charge on any atom is -0.396 e. The maximum Gasteiger partial charge on any atom is 0.265 e. The molecule has 0 radical (unpaired) electrons. The number of rotatable bonds is 4. The Morgan fingerprint density at radius 2 is 2.00 bits per heavy atom. The fraction of sp³-hybridized carbons (Fsp3) is 0.125. The highest BCUT2D eigenvalue weighted by Gasteiger charge is 2.20. The Balaban J connectivity index is 1.80. The predicted octanol–water partition coefficient (Wildman–Crippen LogP) is 2.67. The third kappa shape index (κ3) is 3.19. The van der Waals surface area contributed by atoms with Crippen molar-refractivity contribution in [3.63, 3.8) is 0 Å². The molecular weight excluding hydrogens is 310 g/mol. The third-order valence-corrected chi connectivity index (χ3v) is 4.26. The van der Waals surface area contributed by atoms with E-state index >= 15 is 0 Å². The highest BCUT2D eigenvalue weighted by Crippen LogP contribution is 2.29. The molecule has 0 aliphatic carbocycles. The van der Waals surface area contributed by atoms with Crippen molar-refractivity contribution in [1.29, 1.82) is 0 Å². The van der Waals surface area contributed by atoms with Crippen LogP contribution in [0.5, 0.6) is 0 Å². The molecule has 116 valence electrons. The molecular formula is C16H15N5OS. The first-order valence-corrected chi connectivity index (χ1v) is 7.81. The van der Waals surface area contributed by atoms with Crippen LogP contribution in [0.25, 0.3) is 11.4 Å². The lowest BCUT2D eigenvalue weighted by molar-refractivity contribution is 0.0945. The van der Waals surface area contributed by atoms with E-state index < -0.39 is 0 Å². The monoisotopic (exact) mass is 325 g/mol. The topological polar surface area (TPSA) is 93.8 Å². The predicted molar refractivity (Wildman–Crippen MR) is 89.9 cm³/mol. The van der Waals surface area contributed by atoms with E-state index in [1.807, 2.05) is 37.3 Å². The molecule has 3 heterocycles. The quantitative estimate of drug-likeness (QED) is 0.769. The van der Waals surface area contributed by atoms with Crippen LogP contribution in [0.4, 0.5) is 5.69 Å². The summed E-state index contributed by atoms with van der Waals surface area (Å²) in [5.74, 6) is -0.244. The largest absolute Gasteiger partial charge is 0.396 e. The van der Waals surface area contributed by atoms with E-state index in [2.05, 4.69) is 19.7 Å². The molecule has 23 heavy (non-hydrogen) atoms. The molecule has 0 aliphatic heterocycles. The Morgan fingerprint density at radius 1 is 1.22 bits per heavy atom. The molecule has 0 saturated carbocycles. The first kappa shape index (κ1) is 15.1. The average Bonchev–Trinajstić information content (AvgIpc) is 2.98. The second kappa shape index (κ2) is 6.53. The van der Waals surface area contributed by atoms with E-state index in [1.54, 1.807) is 18.6 Å². The maximum atomic E-state index is 12.4. The van der Waals surface area contributed by atoms with E-state index in [0.29, 0.717) is 22.0 Å². The number of hydrogen-bond donors (Lipinski definition) is 2. The summed E-state index contributed by atoms with van der Waals surface area (Å²) in [7, 11) is 0. The van der Waals surface area contributed by atoms with Gasteiger partial charge in [-0.1, -0.05) is 6.07 Å². The lowest BCUT2D eigenvalue weighted by atomic mass is 10.1. The van der Waals surface area contributed by atoms with E-state index in [-0.39, 0.29) is 11.9 Å². The van der Waals surface area contributed by atoms with E-state index in [0.717, 1.165) is 17.1 Å². The summed E-state index contributed by atoms with van der Waals surface area (Å²) >= 11 is 1.08. The van der Waals surface area contributed by atoms with Gasteiger partial charge >= 0.3 is 0 Å². The molecule has 3 aromatic heterocycles. The third-order valence-electron chi connectivity index (χ3n) is 3.40. The van der Waals surface area contributed by atoms with E-state index in [4.69, 9.17) is 5.73 Å². The van der Waals surface area contributed by atoms with Crippen LogP contribution in [0.15, 0.2) is 48.9 Å². The van der Waals surface area contributed by atoms with Crippen molar-refractivity contribution in [2.45, 2.75) is 13.0 Å². The molecule has 0 spiro atoms. The van der Waals surface area contributed by atoms with Gasteiger partial charge in [0, 0.05) is 18.6 Å². The molecule has 7 heteroatoms. The Kier molecular flexibility index (Phi) is 4.29. The maximum absolute atomic E-state index is 12.4. The Labute approximate surface area is 137 Å². The number of pyridine rings is 2. The zero-order valence-electron chi connectivity index (χ0n) is 12.4. The lowest BCUT2D eigenvalue weighted by Gasteiger charge is -2.13. The SMILES string of the molecule is C[C@@H](NC(=O)c1snc(-c2ccccn2)c1N)c1ccncc1. The first-order chi connectivity index (χ1) is 11.2. The normalized spacial score (nSPS) is 11.9. The van der Waals surface area contributed by atoms with Crippen LogP contribution in [0.2, 0.25) is 0 Å². The number of anilines is 1. The van der Waals surface area contributed by atoms with E-state index in [1.165, 1.54) is 0 Å². The number of carbonyl (C=O) groups excluding carboxylic acids is 1. The van der Waals surface area contributed by atoms with Crippen molar-refractivity contribution in [3.05, 3.63) is 59.4 Å². The Morgan fingerprint density at radius 3 is 2.70 bits per heavy atom. The second-order valence-electron chi connectivity index (χ2n) is 4.96. The van der Waals surface area contributed by atoms with Gasteiger partial charge in [0.25, 0.3) is 5.91 Å². The van der Waals surface area contributed by atoms with Gasteiger partial charge < -0.3 is 11.1 Å². The number of nitrogens with two attached hydrogens (primary N) is 1. The number of carbonyl (C=O) groups is 1. The molecule has 0 saturated heterocycles. The first-order valence-electron chi connectivity index (χ1n) is 7.04. The fourth-order valence-corrected chi connectivity index (χ4v) is 2.86. The van der Waals surface area contributed by atoms with Gasteiger partial charge in [-0.25, -0.2) is 0 Å². The fourth-order valence-electron chi connectivity index (χ4n) is 2.15. The number of nitrogens with one attached hydrogen (secondary N) is 1. The number of nitrogens with zero attached hydrogens (tertiary/aromatic N) is 3. The smallest absolute Gasteiger partial charge is 0.265 e. The molecule has 0 unspecified atom stereocenters. The molecule has 6 nitrogen and oxygen atoms in total. The number of hydrogen-bond acceptors (Lipinski definition) is 6. The van der Waals surface area contributed by atoms with Gasteiger partial charge in [-0.05, 0) is 48.3 Å². The molecule has 1 atom stereocenters. The second-order valence-corrected chi connectivity index (χ2v) is 5.74. The van der Waals surface area contributed by atoms with Gasteiger partial charge in [-0.15, -0.1) is 0 Å². The van der Waals surface area contributed by atoms with Crippen molar-refractivity contribution in [2.75, 3.05) is 5.73 Å². The molecule has 3 rings (SSSR count). The van der Waals surface area contributed by atoms with Gasteiger partial charge in [-0.2, -0.15) is 4.37 Å². The molecule has 3 N–H and O–H groups in total. The van der Waals surface area contributed by atoms with E-state index in [9.17, 15) is 4.79 Å². The van der Waals surface area contributed by atoms with Crippen LogP contribution in [-0.4, -0.2) is 20.2 Å². The summed E-state index contributed by atoms with van der Waals surface area (Å²) in [6, 6.07) is 9.06. The van der Waals surface area contributed by atoms with Crippen LogP contribution in [0.3, 0.4) is 0 Å². The zero-order chi connectivity index (χ0) is 16.2. The van der Waals surface area contributed by atoms with Crippen LogP contribution < -0.4 is 11.1 Å². The van der Waals surface area contributed by atoms with Crippen LogP contribution in [0, 0.1) is 0 Å². The van der Waals surface area contributed by atoms with Gasteiger partial charge in [0.2, 0.25) is 0 Å². The Hall–Kier alpha value is -2.80.